The van der Waals surface area contributed by atoms with E-state index in [9.17, 15) is 4.79 Å². The Labute approximate surface area is 99.8 Å². The fraction of sp³-hybridized carbons (Fsp3) is 0.308. The van der Waals surface area contributed by atoms with Crippen molar-refractivity contribution >= 4 is 22.6 Å². The Hall–Kier alpha value is -1.81. The molecule has 0 aliphatic carbocycles. The van der Waals surface area contributed by atoms with E-state index in [4.69, 9.17) is 10.2 Å². The van der Waals surface area contributed by atoms with Gasteiger partial charge in [-0.15, -0.1) is 0 Å². The van der Waals surface area contributed by atoms with Crippen molar-refractivity contribution in [1.29, 1.82) is 0 Å². The summed E-state index contributed by atoms with van der Waals surface area (Å²) in [5.74, 6) is -0.115. The molecule has 1 aromatic carbocycles. The third kappa shape index (κ3) is 2.47. The lowest BCUT2D eigenvalue weighted by Crippen LogP contribution is -2.22. The first-order chi connectivity index (χ1) is 8.22. The van der Waals surface area contributed by atoms with Gasteiger partial charge >= 0.3 is 0 Å². The summed E-state index contributed by atoms with van der Waals surface area (Å²) in [6.07, 6.45) is 2.25. The Morgan fingerprint density at radius 2 is 2.24 bits per heavy atom. The highest BCUT2D eigenvalue weighted by atomic mass is 16.3. The summed E-state index contributed by atoms with van der Waals surface area (Å²) >= 11 is 0. The first kappa shape index (κ1) is 11.7. The zero-order valence-corrected chi connectivity index (χ0v) is 9.77. The monoisotopic (exact) mass is 232 g/mol. The summed E-state index contributed by atoms with van der Waals surface area (Å²) in [7, 11) is 0. The molecule has 2 aromatic rings. The maximum Gasteiger partial charge on any atom is 0.227 e. The number of hydrogen-bond acceptors (Lipinski definition) is 3. The second kappa shape index (κ2) is 5.01. The SMILES string of the molecule is CC(CCN)C(=O)Nc1coc2ccccc12. The number of hydrogen-bond donors (Lipinski definition) is 2. The van der Waals surface area contributed by atoms with Crippen LogP contribution in [0.5, 0.6) is 0 Å². The number of nitrogens with one attached hydrogen (secondary N) is 1. The fourth-order valence-electron chi connectivity index (χ4n) is 1.71. The molecule has 0 aliphatic heterocycles. The van der Waals surface area contributed by atoms with Gasteiger partial charge in [-0.2, -0.15) is 0 Å². The molecule has 0 radical (unpaired) electrons. The number of anilines is 1. The van der Waals surface area contributed by atoms with Crippen molar-refractivity contribution < 1.29 is 9.21 Å². The number of fused-ring (bicyclic) bond motifs is 1. The molecule has 90 valence electrons. The summed E-state index contributed by atoms with van der Waals surface area (Å²) < 4.78 is 5.35. The van der Waals surface area contributed by atoms with Crippen molar-refractivity contribution in [3.63, 3.8) is 0 Å². The Bertz CT molecular complexity index is 519. The van der Waals surface area contributed by atoms with Crippen LogP contribution in [0.1, 0.15) is 13.3 Å². The third-order valence-electron chi connectivity index (χ3n) is 2.79. The normalized spacial score (nSPS) is 12.6. The summed E-state index contributed by atoms with van der Waals surface area (Å²) in [6.45, 7) is 2.38. The number of benzene rings is 1. The number of nitrogens with two attached hydrogens (primary N) is 1. The van der Waals surface area contributed by atoms with Gasteiger partial charge in [0, 0.05) is 11.3 Å². The molecule has 1 atom stereocenters. The van der Waals surface area contributed by atoms with Crippen LogP contribution in [0.15, 0.2) is 34.9 Å². The molecule has 4 heteroatoms. The Morgan fingerprint density at radius 3 is 3.00 bits per heavy atom. The fourth-order valence-corrected chi connectivity index (χ4v) is 1.71. The van der Waals surface area contributed by atoms with Gasteiger partial charge in [0.2, 0.25) is 5.91 Å². The minimum absolute atomic E-state index is 0.0259. The molecule has 0 saturated carbocycles. The van der Waals surface area contributed by atoms with Crippen LogP contribution >= 0.6 is 0 Å². The molecule has 2 rings (SSSR count). The quantitative estimate of drug-likeness (QED) is 0.850. The van der Waals surface area contributed by atoms with Gasteiger partial charge in [0.05, 0.1) is 5.69 Å². The minimum Gasteiger partial charge on any atom is -0.462 e. The van der Waals surface area contributed by atoms with Crippen molar-refractivity contribution in [2.45, 2.75) is 13.3 Å². The van der Waals surface area contributed by atoms with Crippen LogP contribution in [-0.2, 0) is 4.79 Å². The molecular formula is C13H16N2O2. The van der Waals surface area contributed by atoms with Gasteiger partial charge in [0.15, 0.2) is 0 Å². The Morgan fingerprint density at radius 1 is 1.47 bits per heavy atom. The molecule has 0 saturated heterocycles. The lowest BCUT2D eigenvalue weighted by molar-refractivity contribution is -0.119. The predicted octanol–water partition coefficient (Wildman–Crippen LogP) is 2.36. The smallest absolute Gasteiger partial charge is 0.227 e. The van der Waals surface area contributed by atoms with Crippen LogP contribution in [-0.4, -0.2) is 12.5 Å². The third-order valence-corrected chi connectivity index (χ3v) is 2.79. The topological polar surface area (TPSA) is 68.3 Å². The molecule has 1 amide bonds. The van der Waals surface area contributed by atoms with E-state index in [0.717, 1.165) is 16.7 Å². The van der Waals surface area contributed by atoms with E-state index in [0.29, 0.717) is 13.0 Å². The number of rotatable bonds is 4. The number of carbonyl (C=O) groups excluding carboxylic acids is 1. The van der Waals surface area contributed by atoms with Crippen LogP contribution in [0.25, 0.3) is 11.0 Å². The van der Waals surface area contributed by atoms with Gasteiger partial charge < -0.3 is 15.5 Å². The number of amides is 1. The van der Waals surface area contributed by atoms with E-state index in [-0.39, 0.29) is 11.8 Å². The zero-order valence-electron chi connectivity index (χ0n) is 9.77. The number of carbonyl (C=O) groups is 1. The van der Waals surface area contributed by atoms with Gasteiger partial charge in [0.25, 0.3) is 0 Å². The molecule has 17 heavy (non-hydrogen) atoms. The molecule has 0 spiro atoms. The lowest BCUT2D eigenvalue weighted by Gasteiger charge is -2.09. The molecule has 0 fully saturated rings. The van der Waals surface area contributed by atoms with E-state index in [1.807, 2.05) is 31.2 Å². The summed E-state index contributed by atoms with van der Waals surface area (Å²) in [4.78, 5) is 11.8. The van der Waals surface area contributed by atoms with E-state index in [2.05, 4.69) is 5.32 Å². The zero-order chi connectivity index (χ0) is 12.3. The van der Waals surface area contributed by atoms with Crippen LogP contribution in [0.4, 0.5) is 5.69 Å². The second-order valence-electron chi connectivity index (χ2n) is 4.11. The molecule has 4 nitrogen and oxygen atoms in total. The number of furan rings is 1. The van der Waals surface area contributed by atoms with Crippen LogP contribution < -0.4 is 11.1 Å². The first-order valence-corrected chi connectivity index (χ1v) is 5.69. The van der Waals surface area contributed by atoms with Gasteiger partial charge in [-0.3, -0.25) is 4.79 Å². The first-order valence-electron chi connectivity index (χ1n) is 5.69. The average molecular weight is 232 g/mol. The maximum absolute atomic E-state index is 11.8. The molecule has 0 aliphatic rings. The molecule has 3 N–H and O–H groups in total. The Balaban J connectivity index is 2.16. The standard InChI is InChI=1S/C13H16N2O2/c1-9(6-7-14)13(16)15-11-8-17-12-5-3-2-4-10(11)12/h2-5,8-9H,6-7,14H2,1H3,(H,15,16). The maximum atomic E-state index is 11.8. The van der Waals surface area contributed by atoms with Crippen molar-refractivity contribution in [3.8, 4) is 0 Å². The molecule has 1 aromatic heterocycles. The van der Waals surface area contributed by atoms with Crippen molar-refractivity contribution in [2.24, 2.45) is 11.7 Å². The van der Waals surface area contributed by atoms with Gasteiger partial charge in [0.1, 0.15) is 11.8 Å². The van der Waals surface area contributed by atoms with Crippen LogP contribution in [0.3, 0.4) is 0 Å². The van der Waals surface area contributed by atoms with E-state index < -0.39 is 0 Å². The lowest BCUT2D eigenvalue weighted by atomic mass is 10.1. The van der Waals surface area contributed by atoms with Gasteiger partial charge in [-0.25, -0.2) is 0 Å². The second-order valence-corrected chi connectivity index (χ2v) is 4.11. The highest BCUT2D eigenvalue weighted by Crippen LogP contribution is 2.25. The van der Waals surface area contributed by atoms with E-state index >= 15 is 0 Å². The predicted molar refractivity (Wildman–Crippen MR) is 67.7 cm³/mol. The van der Waals surface area contributed by atoms with Gasteiger partial charge in [-0.1, -0.05) is 19.1 Å². The van der Waals surface area contributed by atoms with E-state index in [1.54, 1.807) is 6.26 Å². The summed E-state index contributed by atoms with van der Waals surface area (Å²) in [5, 5.41) is 3.78. The van der Waals surface area contributed by atoms with E-state index in [1.165, 1.54) is 0 Å². The van der Waals surface area contributed by atoms with Gasteiger partial charge in [-0.05, 0) is 25.1 Å². The largest absolute Gasteiger partial charge is 0.462 e. The van der Waals surface area contributed by atoms with Crippen molar-refractivity contribution in [1.82, 2.24) is 0 Å². The molecular weight excluding hydrogens is 216 g/mol. The molecule has 0 bridgehead atoms. The van der Waals surface area contributed by atoms with Crippen molar-refractivity contribution in [2.75, 3.05) is 11.9 Å². The average Bonchev–Trinajstić information content (AvgIpc) is 2.73. The summed E-state index contributed by atoms with van der Waals surface area (Å²) in [6, 6.07) is 7.60. The minimum atomic E-state index is -0.0892. The highest BCUT2D eigenvalue weighted by molar-refractivity contribution is 6.01. The van der Waals surface area contributed by atoms with Crippen LogP contribution in [0, 0.1) is 5.92 Å². The highest BCUT2D eigenvalue weighted by Gasteiger charge is 2.14. The molecule has 1 unspecified atom stereocenters. The molecule has 1 heterocycles. The Kier molecular flexibility index (Phi) is 3.44. The van der Waals surface area contributed by atoms with Crippen molar-refractivity contribution in [3.05, 3.63) is 30.5 Å². The summed E-state index contributed by atoms with van der Waals surface area (Å²) in [5.41, 5.74) is 6.92. The number of para-hydroxylation sites is 1. The van der Waals surface area contributed by atoms with Crippen LogP contribution in [0.2, 0.25) is 0 Å².